The fourth-order valence-corrected chi connectivity index (χ4v) is 2.12. The molecule has 1 amide bonds. The number of nitrogens with one attached hydrogen (secondary N) is 1. The van der Waals surface area contributed by atoms with Crippen molar-refractivity contribution in [3.05, 3.63) is 59.0 Å². The highest BCUT2D eigenvalue weighted by molar-refractivity contribution is 5.95. The third-order valence-corrected chi connectivity index (χ3v) is 4.25. The zero-order chi connectivity index (χ0) is 18.6. The minimum absolute atomic E-state index is 0.0228. The molecule has 0 aliphatic heterocycles. The van der Waals surface area contributed by atoms with E-state index >= 15 is 0 Å². The molecule has 2 aromatic rings. The number of amides is 1. The maximum Gasteiger partial charge on any atom is 0.253 e. The van der Waals surface area contributed by atoms with Crippen molar-refractivity contribution >= 4 is 5.91 Å². The first-order valence-electron chi connectivity index (χ1n) is 8.31. The summed E-state index contributed by atoms with van der Waals surface area (Å²) in [5.74, 6) is -0.0449. The van der Waals surface area contributed by atoms with Gasteiger partial charge in [-0.1, -0.05) is 32.9 Å². The van der Waals surface area contributed by atoms with Gasteiger partial charge in [0, 0.05) is 18.3 Å². The van der Waals surface area contributed by atoms with Crippen LogP contribution in [0.5, 0.6) is 5.88 Å². The van der Waals surface area contributed by atoms with Crippen LogP contribution in [-0.4, -0.2) is 16.9 Å². The third-order valence-electron chi connectivity index (χ3n) is 4.25. The molecular weight excluding hydrogens is 319 g/mol. The highest BCUT2D eigenvalue weighted by Crippen LogP contribution is 2.20. The van der Waals surface area contributed by atoms with E-state index in [1.807, 2.05) is 13.8 Å². The van der Waals surface area contributed by atoms with Crippen LogP contribution < -0.4 is 10.1 Å². The number of aromatic nitrogens is 1. The van der Waals surface area contributed by atoms with Crippen LogP contribution in [0.4, 0.5) is 4.39 Å². The molecule has 1 heterocycles. The van der Waals surface area contributed by atoms with Crippen molar-refractivity contribution in [1.82, 2.24) is 10.3 Å². The Morgan fingerprint density at radius 1 is 1.32 bits per heavy atom. The lowest BCUT2D eigenvalue weighted by Crippen LogP contribution is -2.41. The van der Waals surface area contributed by atoms with Gasteiger partial charge in [0.2, 0.25) is 5.88 Å². The summed E-state index contributed by atoms with van der Waals surface area (Å²) in [7, 11) is 0. The monoisotopic (exact) mass is 344 g/mol. The van der Waals surface area contributed by atoms with Crippen LogP contribution in [0.3, 0.4) is 0 Å². The predicted octanol–water partition coefficient (Wildman–Crippen LogP) is 4.27. The summed E-state index contributed by atoms with van der Waals surface area (Å²) < 4.78 is 18.8. The van der Waals surface area contributed by atoms with Gasteiger partial charge in [0.1, 0.15) is 12.4 Å². The van der Waals surface area contributed by atoms with E-state index in [1.165, 1.54) is 18.3 Å². The van der Waals surface area contributed by atoms with Crippen molar-refractivity contribution in [3.63, 3.8) is 0 Å². The zero-order valence-electron chi connectivity index (χ0n) is 15.4. The molecule has 0 aliphatic carbocycles. The molecule has 5 heteroatoms. The van der Waals surface area contributed by atoms with Crippen LogP contribution >= 0.6 is 0 Å². The van der Waals surface area contributed by atoms with E-state index in [0.717, 1.165) is 11.1 Å². The quantitative estimate of drug-likeness (QED) is 0.881. The van der Waals surface area contributed by atoms with E-state index in [0.29, 0.717) is 11.4 Å². The SMILES string of the molecule is Cc1cc(OCc2cccc(F)c2)ncc1C(=O)NC(C)C(C)(C)C. The topological polar surface area (TPSA) is 51.2 Å². The first-order valence-corrected chi connectivity index (χ1v) is 8.31. The minimum Gasteiger partial charge on any atom is -0.473 e. The van der Waals surface area contributed by atoms with Gasteiger partial charge < -0.3 is 10.1 Å². The zero-order valence-corrected chi connectivity index (χ0v) is 15.4. The number of hydrogen-bond acceptors (Lipinski definition) is 3. The van der Waals surface area contributed by atoms with E-state index in [4.69, 9.17) is 4.74 Å². The maximum absolute atomic E-state index is 13.2. The van der Waals surface area contributed by atoms with Crippen molar-refractivity contribution in [2.75, 3.05) is 0 Å². The molecule has 0 bridgehead atoms. The lowest BCUT2D eigenvalue weighted by atomic mass is 9.88. The number of ether oxygens (including phenoxy) is 1. The van der Waals surface area contributed by atoms with Crippen LogP contribution in [0.25, 0.3) is 0 Å². The van der Waals surface area contributed by atoms with Gasteiger partial charge in [0.05, 0.1) is 5.56 Å². The Balaban J connectivity index is 2.03. The fourth-order valence-electron chi connectivity index (χ4n) is 2.12. The van der Waals surface area contributed by atoms with E-state index in [-0.39, 0.29) is 29.8 Å². The molecule has 1 N–H and O–H groups in total. The number of hydrogen-bond donors (Lipinski definition) is 1. The molecule has 0 saturated heterocycles. The smallest absolute Gasteiger partial charge is 0.253 e. The number of rotatable bonds is 5. The molecule has 4 nitrogen and oxygen atoms in total. The lowest BCUT2D eigenvalue weighted by molar-refractivity contribution is 0.0909. The molecule has 1 aromatic heterocycles. The Morgan fingerprint density at radius 3 is 2.64 bits per heavy atom. The number of pyridine rings is 1. The highest BCUT2D eigenvalue weighted by atomic mass is 19.1. The van der Waals surface area contributed by atoms with Crippen molar-refractivity contribution in [1.29, 1.82) is 0 Å². The molecule has 1 atom stereocenters. The number of benzene rings is 1. The molecule has 134 valence electrons. The summed E-state index contributed by atoms with van der Waals surface area (Å²) >= 11 is 0. The molecule has 0 radical (unpaired) electrons. The Kier molecular flexibility index (Phi) is 5.77. The van der Waals surface area contributed by atoms with Gasteiger partial charge in [0.15, 0.2) is 0 Å². The van der Waals surface area contributed by atoms with Crippen molar-refractivity contribution in [2.24, 2.45) is 5.41 Å². The van der Waals surface area contributed by atoms with E-state index < -0.39 is 0 Å². The predicted molar refractivity (Wildman–Crippen MR) is 96.1 cm³/mol. The van der Waals surface area contributed by atoms with Gasteiger partial charge in [0.25, 0.3) is 5.91 Å². The molecule has 25 heavy (non-hydrogen) atoms. The number of carbonyl (C=O) groups excluding carboxylic acids is 1. The number of halogens is 1. The first-order chi connectivity index (χ1) is 11.7. The van der Waals surface area contributed by atoms with E-state index in [2.05, 4.69) is 31.1 Å². The normalized spacial score (nSPS) is 12.6. The minimum atomic E-state index is -0.301. The van der Waals surface area contributed by atoms with Gasteiger partial charge in [-0.2, -0.15) is 0 Å². The van der Waals surface area contributed by atoms with E-state index in [9.17, 15) is 9.18 Å². The summed E-state index contributed by atoms with van der Waals surface area (Å²) in [6.45, 7) is 10.3. The molecule has 0 saturated carbocycles. The van der Waals surface area contributed by atoms with Crippen molar-refractivity contribution in [2.45, 2.75) is 47.3 Å². The largest absolute Gasteiger partial charge is 0.473 e. The molecule has 1 aromatic carbocycles. The average Bonchev–Trinajstić information content (AvgIpc) is 2.52. The molecule has 2 rings (SSSR count). The highest BCUT2D eigenvalue weighted by Gasteiger charge is 2.23. The number of aryl methyl sites for hydroxylation is 1. The summed E-state index contributed by atoms with van der Waals surface area (Å²) in [6, 6.07) is 7.97. The Labute approximate surface area is 148 Å². The summed E-state index contributed by atoms with van der Waals surface area (Å²) in [4.78, 5) is 16.6. The summed E-state index contributed by atoms with van der Waals surface area (Å²) in [5.41, 5.74) is 2.00. The van der Waals surface area contributed by atoms with Crippen molar-refractivity contribution < 1.29 is 13.9 Å². The Bertz CT molecular complexity index is 754. The molecule has 0 aliphatic rings. The van der Waals surface area contributed by atoms with E-state index in [1.54, 1.807) is 18.2 Å². The van der Waals surface area contributed by atoms with Crippen molar-refractivity contribution in [3.8, 4) is 5.88 Å². The van der Waals surface area contributed by atoms with Crippen LogP contribution in [-0.2, 0) is 6.61 Å². The van der Waals surface area contributed by atoms with Gasteiger partial charge in [-0.05, 0) is 42.5 Å². The first kappa shape index (κ1) is 18.9. The third kappa shape index (κ3) is 5.28. The lowest BCUT2D eigenvalue weighted by Gasteiger charge is -2.28. The van der Waals surface area contributed by atoms with Crippen LogP contribution in [0, 0.1) is 18.2 Å². The summed E-state index contributed by atoms with van der Waals surface area (Å²) in [6.07, 6.45) is 1.51. The van der Waals surface area contributed by atoms with Gasteiger partial charge >= 0.3 is 0 Å². The second kappa shape index (κ2) is 7.64. The summed E-state index contributed by atoms with van der Waals surface area (Å²) in [5, 5.41) is 3.00. The second-order valence-corrected chi connectivity index (χ2v) is 7.32. The van der Waals surface area contributed by atoms with Crippen LogP contribution in [0.1, 0.15) is 49.2 Å². The molecular formula is C20H25FN2O2. The van der Waals surface area contributed by atoms with Crippen LogP contribution in [0.15, 0.2) is 36.5 Å². The second-order valence-electron chi connectivity index (χ2n) is 7.32. The van der Waals surface area contributed by atoms with Crippen LogP contribution in [0.2, 0.25) is 0 Å². The average molecular weight is 344 g/mol. The number of nitrogens with zero attached hydrogens (tertiary/aromatic N) is 1. The molecule has 0 spiro atoms. The molecule has 0 fully saturated rings. The van der Waals surface area contributed by atoms with Gasteiger partial charge in [-0.15, -0.1) is 0 Å². The fraction of sp³-hybridized carbons (Fsp3) is 0.400. The number of carbonyl (C=O) groups is 1. The Morgan fingerprint density at radius 2 is 2.04 bits per heavy atom. The van der Waals surface area contributed by atoms with Gasteiger partial charge in [-0.25, -0.2) is 9.37 Å². The molecule has 1 unspecified atom stereocenters. The Hall–Kier alpha value is -2.43. The van der Waals surface area contributed by atoms with Gasteiger partial charge in [-0.3, -0.25) is 4.79 Å². The standard InChI is InChI=1S/C20H25FN2O2/c1-13-9-18(25-12-15-7-6-8-16(21)10-15)22-11-17(13)19(24)23-14(2)20(3,4)5/h6-11,14H,12H2,1-5H3,(H,23,24). The maximum atomic E-state index is 13.2.